The smallest absolute Gasteiger partial charge is 0.259 e. The van der Waals surface area contributed by atoms with Gasteiger partial charge in [-0.05, 0) is 25.0 Å². The second-order valence-electron chi connectivity index (χ2n) is 7.46. The Morgan fingerprint density at radius 3 is 2.62 bits per heavy atom. The van der Waals surface area contributed by atoms with Crippen LogP contribution in [-0.2, 0) is 0 Å². The summed E-state index contributed by atoms with van der Waals surface area (Å²) in [4.78, 5) is 24.6. The molecule has 1 amide bonds. The number of hydrogen-bond acceptors (Lipinski definition) is 6. The highest BCUT2D eigenvalue weighted by Gasteiger charge is 2.48. The first-order valence-corrected chi connectivity index (χ1v) is 11.9. The molecule has 0 atom stereocenters. The Kier molecular flexibility index (Phi) is 4.99. The maximum atomic E-state index is 12.6. The van der Waals surface area contributed by atoms with Crippen molar-refractivity contribution in [3.8, 4) is 10.6 Å². The number of carbonyl (C=O) groups excluding carboxylic acids is 1. The minimum absolute atomic E-state index is 0.166. The molecule has 1 N–H and O–H groups in total. The average Bonchev–Trinajstić information content (AvgIpc) is 3.21. The van der Waals surface area contributed by atoms with Crippen molar-refractivity contribution in [1.29, 1.82) is 0 Å². The number of rotatable bonds is 4. The summed E-state index contributed by atoms with van der Waals surface area (Å²) >= 11 is 21.0. The number of pyridine rings is 1. The third-order valence-electron chi connectivity index (χ3n) is 5.44. The summed E-state index contributed by atoms with van der Waals surface area (Å²) in [6.07, 6.45) is 5.32. The molecule has 4 heterocycles. The van der Waals surface area contributed by atoms with Gasteiger partial charge in [0.2, 0.25) is 0 Å². The minimum Gasteiger partial charge on any atom is -0.360 e. The fourth-order valence-electron chi connectivity index (χ4n) is 3.79. The van der Waals surface area contributed by atoms with Gasteiger partial charge in [-0.2, -0.15) is 0 Å². The van der Waals surface area contributed by atoms with E-state index < -0.39 is 0 Å². The second kappa shape index (κ2) is 7.39. The van der Waals surface area contributed by atoms with E-state index in [1.807, 2.05) is 11.4 Å². The van der Waals surface area contributed by atoms with Gasteiger partial charge in [0, 0.05) is 30.1 Å². The number of carbonyl (C=O) groups is 1. The normalized spacial score (nSPS) is 17.1. The van der Waals surface area contributed by atoms with Crippen LogP contribution < -0.4 is 10.2 Å². The number of halogens is 3. The van der Waals surface area contributed by atoms with Crippen molar-refractivity contribution in [1.82, 2.24) is 9.97 Å². The summed E-state index contributed by atoms with van der Waals surface area (Å²) in [5.74, 6) is -0.328. The molecule has 29 heavy (non-hydrogen) atoms. The molecule has 10 heteroatoms. The predicted octanol–water partition coefficient (Wildman–Crippen LogP) is 6.47. The number of amides is 1. The van der Waals surface area contributed by atoms with Gasteiger partial charge in [-0.1, -0.05) is 52.6 Å². The highest BCUT2D eigenvalue weighted by molar-refractivity contribution is 7.21. The molecule has 5 nitrogen and oxygen atoms in total. The molecule has 1 aliphatic carbocycles. The van der Waals surface area contributed by atoms with E-state index in [0.717, 1.165) is 28.7 Å². The summed E-state index contributed by atoms with van der Waals surface area (Å²) in [7, 11) is 0. The first kappa shape index (κ1) is 19.6. The average molecular weight is 486 g/mol. The van der Waals surface area contributed by atoms with Gasteiger partial charge in [0.15, 0.2) is 5.13 Å². The molecule has 0 aromatic carbocycles. The van der Waals surface area contributed by atoms with E-state index in [2.05, 4.69) is 15.2 Å². The molecule has 3 aromatic heterocycles. The van der Waals surface area contributed by atoms with Crippen LogP contribution in [0.15, 0.2) is 23.7 Å². The molecule has 1 saturated carbocycles. The molecule has 1 saturated heterocycles. The van der Waals surface area contributed by atoms with E-state index in [1.54, 1.807) is 11.3 Å². The molecule has 3 aromatic rings. The Morgan fingerprint density at radius 1 is 1.21 bits per heavy atom. The van der Waals surface area contributed by atoms with Crippen LogP contribution in [0.1, 0.15) is 29.6 Å². The number of nitrogens with zero attached hydrogens (tertiary/aromatic N) is 3. The standard InChI is InChI=1S/C19H15Cl3N4OS2/c20-11-5-13(28-7-11)14-17(26-8-19(9-26)2-1-3-19)29-18(24-14)25-16(27)10-4-12(21)15(22)23-6-10/h4-7H,1-3,8-9H2,(H,24,25,27). The Morgan fingerprint density at radius 2 is 2.00 bits per heavy atom. The van der Waals surface area contributed by atoms with E-state index in [0.29, 0.717) is 21.1 Å². The van der Waals surface area contributed by atoms with E-state index in [4.69, 9.17) is 39.8 Å². The first-order chi connectivity index (χ1) is 13.9. The van der Waals surface area contributed by atoms with Crippen molar-refractivity contribution in [2.24, 2.45) is 5.41 Å². The third-order valence-corrected chi connectivity index (χ3v) is 8.45. The van der Waals surface area contributed by atoms with Gasteiger partial charge >= 0.3 is 0 Å². The molecule has 150 valence electrons. The molecule has 0 bridgehead atoms. The third kappa shape index (κ3) is 3.64. The Labute approximate surface area is 190 Å². The summed E-state index contributed by atoms with van der Waals surface area (Å²) in [6.45, 7) is 2.09. The van der Waals surface area contributed by atoms with Gasteiger partial charge in [0.1, 0.15) is 15.8 Å². The van der Waals surface area contributed by atoms with Crippen LogP contribution in [0.5, 0.6) is 0 Å². The van der Waals surface area contributed by atoms with E-state index in [9.17, 15) is 4.79 Å². The lowest BCUT2D eigenvalue weighted by molar-refractivity contribution is 0.0911. The zero-order valence-electron chi connectivity index (χ0n) is 15.0. The SMILES string of the molecule is O=C(Nc1nc(-c2cc(Cl)cs2)c(N2CC3(CCC3)C2)s1)c1cnc(Cl)c(Cl)c1. The Hall–Kier alpha value is -1.38. The number of thiophene rings is 1. The van der Waals surface area contributed by atoms with Crippen LogP contribution in [0.3, 0.4) is 0 Å². The van der Waals surface area contributed by atoms with Crippen molar-refractivity contribution < 1.29 is 4.79 Å². The largest absolute Gasteiger partial charge is 0.360 e. The Bertz CT molecular complexity index is 1100. The molecule has 1 spiro atoms. The summed E-state index contributed by atoms with van der Waals surface area (Å²) in [5, 5.41) is 7.45. The second-order valence-corrected chi connectivity index (χ2v) is 10.6. The van der Waals surface area contributed by atoms with Crippen LogP contribution in [0.2, 0.25) is 15.2 Å². The molecular weight excluding hydrogens is 471 g/mol. The highest BCUT2D eigenvalue weighted by atomic mass is 35.5. The maximum Gasteiger partial charge on any atom is 0.259 e. The molecule has 1 aliphatic heterocycles. The Balaban J connectivity index is 1.42. The highest BCUT2D eigenvalue weighted by Crippen LogP contribution is 2.53. The summed E-state index contributed by atoms with van der Waals surface area (Å²) in [6, 6.07) is 3.41. The van der Waals surface area contributed by atoms with Gasteiger partial charge in [-0.3, -0.25) is 10.1 Å². The van der Waals surface area contributed by atoms with E-state index >= 15 is 0 Å². The molecular formula is C19H15Cl3N4OS2. The molecule has 0 unspecified atom stereocenters. The first-order valence-electron chi connectivity index (χ1n) is 9.05. The van der Waals surface area contributed by atoms with Crippen molar-refractivity contribution in [3.63, 3.8) is 0 Å². The van der Waals surface area contributed by atoms with Gasteiger partial charge in [-0.25, -0.2) is 9.97 Å². The predicted molar refractivity (Wildman–Crippen MR) is 121 cm³/mol. The molecule has 2 aliphatic rings. The molecule has 2 fully saturated rings. The van der Waals surface area contributed by atoms with Crippen LogP contribution in [0.4, 0.5) is 10.1 Å². The number of anilines is 2. The number of nitrogens with one attached hydrogen (secondary N) is 1. The summed E-state index contributed by atoms with van der Waals surface area (Å²) in [5.41, 5.74) is 1.68. The van der Waals surface area contributed by atoms with Gasteiger partial charge in [0.25, 0.3) is 5.91 Å². The zero-order valence-corrected chi connectivity index (χ0v) is 18.9. The number of thiazole rings is 1. The van der Waals surface area contributed by atoms with Gasteiger partial charge in [-0.15, -0.1) is 11.3 Å². The fourth-order valence-corrected chi connectivity index (χ4v) is 6.16. The van der Waals surface area contributed by atoms with E-state index in [1.165, 1.54) is 42.9 Å². The number of aromatic nitrogens is 2. The van der Waals surface area contributed by atoms with Gasteiger partial charge in [0.05, 0.1) is 20.5 Å². The van der Waals surface area contributed by atoms with Crippen molar-refractivity contribution in [2.75, 3.05) is 23.3 Å². The van der Waals surface area contributed by atoms with Crippen molar-refractivity contribution >= 4 is 73.5 Å². The molecule has 0 radical (unpaired) electrons. The lowest BCUT2D eigenvalue weighted by atomic mass is 9.64. The molecule has 5 rings (SSSR count). The number of hydrogen-bond donors (Lipinski definition) is 1. The monoisotopic (exact) mass is 484 g/mol. The maximum absolute atomic E-state index is 12.6. The van der Waals surface area contributed by atoms with Crippen molar-refractivity contribution in [3.05, 3.63) is 44.5 Å². The van der Waals surface area contributed by atoms with Crippen LogP contribution in [0, 0.1) is 5.41 Å². The topological polar surface area (TPSA) is 58.1 Å². The lowest BCUT2D eigenvalue weighted by Gasteiger charge is -2.56. The summed E-state index contributed by atoms with van der Waals surface area (Å²) < 4.78 is 0. The van der Waals surface area contributed by atoms with Crippen LogP contribution >= 0.6 is 57.5 Å². The minimum atomic E-state index is -0.328. The fraction of sp³-hybridized carbons (Fsp3) is 0.316. The zero-order chi connectivity index (χ0) is 20.2. The van der Waals surface area contributed by atoms with E-state index in [-0.39, 0.29) is 16.1 Å². The van der Waals surface area contributed by atoms with Crippen LogP contribution in [0.25, 0.3) is 10.6 Å². The van der Waals surface area contributed by atoms with Crippen LogP contribution in [-0.4, -0.2) is 29.0 Å². The van der Waals surface area contributed by atoms with Crippen molar-refractivity contribution in [2.45, 2.75) is 19.3 Å². The van der Waals surface area contributed by atoms with Gasteiger partial charge < -0.3 is 4.90 Å². The lowest BCUT2D eigenvalue weighted by Crippen LogP contribution is -2.59. The quantitative estimate of drug-likeness (QED) is 0.430.